The molecule has 0 radical (unpaired) electrons. The number of hydrogen-bond acceptors (Lipinski definition) is 0. The van der Waals surface area contributed by atoms with Crippen LogP contribution >= 0.6 is 22.6 Å². The van der Waals surface area contributed by atoms with E-state index in [2.05, 4.69) is 59.8 Å². The highest BCUT2D eigenvalue weighted by Gasteiger charge is 1.99. The summed E-state index contributed by atoms with van der Waals surface area (Å²) in [5.74, 6) is 0.879. The first-order valence-electron chi connectivity index (χ1n) is 4.93. The fourth-order valence-electron chi connectivity index (χ4n) is 1.38. The van der Waals surface area contributed by atoms with E-state index in [0.29, 0.717) is 0 Å². The van der Waals surface area contributed by atoms with Crippen LogP contribution in [0.2, 0.25) is 0 Å². The van der Waals surface area contributed by atoms with Crippen LogP contribution in [0.15, 0.2) is 30.3 Å². The van der Waals surface area contributed by atoms with E-state index >= 15 is 0 Å². The number of aryl methyl sites for hydroxylation is 1. The molecule has 0 aromatic heterocycles. The van der Waals surface area contributed by atoms with E-state index in [-0.39, 0.29) is 0 Å². The molecule has 72 valence electrons. The normalized spacial score (nSPS) is 12.8. The molecule has 0 saturated heterocycles. The maximum Gasteiger partial charge on any atom is 0.00210 e. The lowest BCUT2D eigenvalue weighted by atomic mass is 10.0. The molecule has 0 amide bonds. The van der Waals surface area contributed by atoms with Gasteiger partial charge in [0.25, 0.3) is 0 Å². The summed E-state index contributed by atoms with van der Waals surface area (Å²) in [4.78, 5) is 0. The molecule has 1 rings (SSSR count). The number of halogens is 1. The summed E-state index contributed by atoms with van der Waals surface area (Å²) in [5.41, 5.74) is 1.48. The molecule has 0 spiro atoms. The van der Waals surface area contributed by atoms with Gasteiger partial charge in [0.1, 0.15) is 0 Å². The van der Waals surface area contributed by atoms with E-state index in [4.69, 9.17) is 0 Å². The van der Waals surface area contributed by atoms with Gasteiger partial charge in [0.05, 0.1) is 0 Å². The third-order valence-corrected chi connectivity index (χ3v) is 3.77. The van der Waals surface area contributed by atoms with Gasteiger partial charge in [0.2, 0.25) is 0 Å². The van der Waals surface area contributed by atoms with Gasteiger partial charge in [-0.25, -0.2) is 0 Å². The predicted octanol–water partition coefficient (Wildman–Crippen LogP) is 4.08. The zero-order valence-electron chi connectivity index (χ0n) is 8.17. The van der Waals surface area contributed by atoms with Crippen molar-refractivity contribution < 1.29 is 0 Å². The Hall–Kier alpha value is -0.0500. The first kappa shape index (κ1) is 11.0. The minimum atomic E-state index is 0.879. The molecule has 1 unspecified atom stereocenters. The van der Waals surface area contributed by atoms with Crippen molar-refractivity contribution in [3.63, 3.8) is 0 Å². The fraction of sp³-hybridized carbons (Fsp3) is 0.500. The van der Waals surface area contributed by atoms with Crippen molar-refractivity contribution in [1.82, 2.24) is 0 Å². The van der Waals surface area contributed by atoms with Gasteiger partial charge in [-0.3, -0.25) is 0 Å². The van der Waals surface area contributed by atoms with E-state index in [1.807, 2.05) is 0 Å². The number of hydrogen-bond donors (Lipinski definition) is 0. The Balaban J connectivity index is 2.20. The molecule has 1 aromatic rings. The Morgan fingerprint density at radius 3 is 2.54 bits per heavy atom. The Labute approximate surface area is 94.9 Å². The van der Waals surface area contributed by atoms with E-state index < -0.39 is 0 Å². The van der Waals surface area contributed by atoms with Crippen molar-refractivity contribution in [1.29, 1.82) is 0 Å². The molecule has 0 bridgehead atoms. The lowest BCUT2D eigenvalue weighted by Crippen LogP contribution is -1.96. The monoisotopic (exact) mass is 288 g/mol. The zero-order chi connectivity index (χ0) is 9.52. The van der Waals surface area contributed by atoms with Gasteiger partial charge in [-0.05, 0) is 30.7 Å². The largest absolute Gasteiger partial charge is 0.0861 e. The second kappa shape index (κ2) is 6.41. The first-order chi connectivity index (χ1) is 6.33. The minimum Gasteiger partial charge on any atom is -0.0861 e. The van der Waals surface area contributed by atoms with Crippen molar-refractivity contribution in [3.05, 3.63) is 35.9 Å². The van der Waals surface area contributed by atoms with Crippen LogP contribution in [0.5, 0.6) is 0 Å². The van der Waals surface area contributed by atoms with Crippen molar-refractivity contribution in [2.45, 2.75) is 26.2 Å². The highest BCUT2D eigenvalue weighted by Crippen LogP contribution is 2.12. The molecular formula is C12H17I. The van der Waals surface area contributed by atoms with E-state index in [1.54, 1.807) is 0 Å². The zero-order valence-corrected chi connectivity index (χ0v) is 10.3. The van der Waals surface area contributed by atoms with Crippen molar-refractivity contribution in [2.24, 2.45) is 5.92 Å². The van der Waals surface area contributed by atoms with Crippen molar-refractivity contribution in [2.75, 3.05) is 4.43 Å². The van der Waals surface area contributed by atoms with Crippen LogP contribution in [0.3, 0.4) is 0 Å². The molecular weight excluding hydrogens is 271 g/mol. The summed E-state index contributed by atoms with van der Waals surface area (Å²) in [6.45, 7) is 2.33. The standard InChI is InChI=1S/C12H17I/c1-11(10-13)6-5-9-12-7-3-2-4-8-12/h2-4,7-8,11H,5-6,9-10H2,1H3. The number of alkyl halides is 1. The van der Waals surface area contributed by atoms with Crippen LogP contribution in [-0.4, -0.2) is 4.43 Å². The molecule has 0 nitrogen and oxygen atoms in total. The summed E-state index contributed by atoms with van der Waals surface area (Å²) in [6, 6.07) is 10.8. The van der Waals surface area contributed by atoms with Gasteiger partial charge < -0.3 is 0 Å². The second-order valence-corrected chi connectivity index (χ2v) is 4.52. The van der Waals surface area contributed by atoms with Gasteiger partial charge >= 0.3 is 0 Å². The third kappa shape index (κ3) is 4.65. The Morgan fingerprint density at radius 2 is 1.92 bits per heavy atom. The summed E-state index contributed by atoms with van der Waals surface area (Å²) in [5, 5.41) is 0. The van der Waals surface area contributed by atoms with Crippen LogP contribution in [0.25, 0.3) is 0 Å². The quantitative estimate of drug-likeness (QED) is 0.565. The van der Waals surface area contributed by atoms with Crippen LogP contribution in [0.1, 0.15) is 25.3 Å². The topological polar surface area (TPSA) is 0 Å². The van der Waals surface area contributed by atoms with E-state index in [9.17, 15) is 0 Å². The molecule has 0 aliphatic rings. The average molecular weight is 288 g/mol. The first-order valence-corrected chi connectivity index (χ1v) is 6.45. The molecule has 0 aliphatic carbocycles. The molecule has 0 heterocycles. The molecule has 0 N–H and O–H groups in total. The Bertz CT molecular complexity index is 218. The molecule has 0 fully saturated rings. The third-order valence-electron chi connectivity index (χ3n) is 2.27. The Kier molecular flexibility index (Phi) is 5.44. The van der Waals surface area contributed by atoms with Gasteiger partial charge in [-0.1, -0.05) is 59.8 Å². The fourth-order valence-corrected chi connectivity index (χ4v) is 1.82. The second-order valence-electron chi connectivity index (χ2n) is 3.64. The van der Waals surface area contributed by atoms with Crippen LogP contribution in [-0.2, 0) is 6.42 Å². The average Bonchev–Trinajstić information content (AvgIpc) is 2.19. The smallest absolute Gasteiger partial charge is 0.00210 e. The van der Waals surface area contributed by atoms with Crippen LogP contribution in [0.4, 0.5) is 0 Å². The highest BCUT2D eigenvalue weighted by atomic mass is 127. The maximum atomic E-state index is 2.47. The van der Waals surface area contributed by atoms with Gasteiger partial charge in [-0.15, -0.1) is 0 Å². The lowest BCUT2D eigenvalue weighted by molar-refractivity contribution is 0.570. The number of benzene rings is 1. The van der Waals surface area contributed by atoms with Crippen LogP contribution in [0, 0.1) is 5.92 Å². The molecule has 0 aliphatic heterocycles. The molecule has 1 heteroatoms. The molecule has 1 aromatic carbocycles. The van der Waals surface area contributed by atoms with Crippen molar-refractivity contribution >= 4 is 22.6 Å². The minimum absolute atomic E-state index is 0.879. The van der Waals surface area contributed by atoms with E-state index in [0.717, 1.165) is 5.92 Å². The molecule has 1 atom stereocenters. The summed E-state index contributed by atoms with van der Waals surface area (Å²) in [7, 11) is 0. The maximum absolute atomic E-state index is 2.47. The van der Waals surface area contributed by atoms with Crippen molar-refractivity contribution in [3.8, 4) is 0 Å². The summed E-state index contributed by atoms with van der Waals surface area (Å²) in [6.07, 6.45) is 3.92. The lowest BCUT2D eigenvalue weighted by Gasteiger charge is -2.06. The van der Waals surface area contributed by atoms with Gasteiger partial charge in [0.15, 0.2) is 0 Å². The van der Waals surface area contributed by atoms with Gasteiger partial charge in [0, 0.05) is 4.43 Å². The van der Waals surface area contributed by atoms with E-state index in [1.165, 1.54) is 29.3 Å². The van der Waals surface area contributed by atoms with Crippen LogP contribution < -0.4 is 0 Å². The SMILES string of the molecule is CC(CI)CCCc1ccccc1. The van der Waals surface area contributed by atoms with Gasteiger partial charge in [-0.2, -0.15) is 0 Å². The predicted molar refractivity (Wildman–Crippen MR) is 67.4 cm³/mol. The number of rotatable bonds is 5. The molecule has 13 heavy (non-hydrogen) atoms. The Morgan fingerprint density at radius 1 is 1.23 bits per heavy atom. The summed E-state index contributed by atoms with van der Waals surface area (Å²) < 4.78 is 1.28. The molecule has 0 saturated carbocycles. The highest BCUT2D eigenvalue weighted by molar-refractivity contribution is 14.1. The summed E-state index contributed by atoms with van der Waals surface area (Å²) >= 11 is 2.47.